The molecule has 0 aliphatic carbocycles. The van der Waals surface area contributed by atoms with Crippen molar-refractivity contribution in [1.82, 2.24) is 20.9 Å². The quantitative estimate of drug-likeness (QED) is 0.374. The molecule has 1 aliphatic heterocycles. The maximum absolute atomic E-state index is 13.7. The number of carbonyl (C=O) groups is 3. The van der Waals surface area contributed by atoms with Gasteiger partial charge in [-0.15, -0.1) is 0 Å². The minimum Gasteiger partial charge on any atom is -0.489 e. The summed E-state index contributed by atoms with van der Waals surface area (Å²) in [7, 11) is 0. The average Bonchev–Trinajstić information content (AvgIpc) is 3.39. The molecule has 3 aromatic carbocycles. The molecule has 5 rings (SSSR count). The molecule has 1 saturated heterocycles. The van der Waals surface area contributed by atoms with Gasteiger partial charge >= 0.3 is 6.03 Å². The first-order chi connectivity index (χ1) is 17.9. The summed E-state index contributed by atoms with van der Waals surface area (Å²) < 4.78 is 10.9. The van der Waals surface area contributed by atoms with Gasteiger partial charge in [0.2, 0.25) is 0 Å². The number of ether oxygens (including phenoxy) is 1. The third-order valence-corrected chi connectivity index (χ3v) is 6.33. The zero-order valence-electron chi connectivity index (χ0n) is 20.2. The Morgan fingerprint density at radius 2 is 1.54 bits per heavy atom. The first-order valence-corrected chi connectivity index (χ1v) is 11.6. The molecule has 4 amide bonds. The van der Waals surface area contributed by atoms with Crippen molar-refractivity contribution < 1.29 is 23.6 Å². The fourth-order valence-corrected chi connectivity index (χ4v) is 4.30. The Bertz CT molecular complexity index is 1390. The number of hydrogen-bond donors (Lipinski definition) is 2. The molecule has 1 aliphatic rings. The molecule has 37 heavy (non-hydrogen) atoms. The molecule has 1 fully saturated rings. The average molecular weight is 497 g/mol. The predicted octanol–water partition coefficient (Wildman–Crippen LogP) is 4.01. The molecular weight excluding hydrogens is 472 g/mol. The molecule has 0 saturated carbocycles. The molecule has 4 aromatic rings. The van der Waals surface area contributed by atoms with E-state index in [0.717, 1.165) is 16.3 Å². The van der Waals surface area contributed by atoms with Crippen LogP contribution in [0.2, 0.25) is 0 Å². The van der Waals surface area contributed by atoms with E-state index in [1.54, 1.807) is 72.8 Å². The van der Waals surface area contributed by atoms with Gasteiger partial charge in [-0.25, -0.2) is 4.79 Å². The van der Waals surface area contributed by atoms with Crippen LogP contribution in [-0.2, 0) is 16.9 Å². The number of imide groups is 1. The minimum absolute atomic E-state index is 0.252. The third-order valence-electron chi connectivity index (χ3n) is 6.33. The van der Waals surface area contributed by atoms with Crippen molar-refractivity contribution in [3.8, 4) is 5.75 Å². The fourth-order valence-electron chi connectivity index (χ4n) is 4.30. The molecule has 0 radical (unpaired) electrons. The molecular formula is C28H24N4O5. The van der Waals surface area contributed by atoms with Crippen LogP contribution in [0.15, 0.2) is 89.5 Å². The summed E-state index contributed by atoms with van der Waals surface area (Å²) in [5, 5.41) is 7.42. The molecule has 9 heteroatoms. The highest BCUT2D eigenvalue weighted by molar-refractivity contribution is 6.11. The fraction of sp³-hybridized carbons (Fsp3) is 0.143. The second-order valence-electron chi connectivity index (χ2n) is 8.61. The van der Waals surface area contributed by atoms with Crippen molar-refractivity contribution >= 4 is 17.8 Å². The van der Waals surface area contributed by atoms with Crippen molar-refractivity contribution in [3.05, 3.63) is 119 Å². The van der Waals surface area contributed by atoms with Gasteiger partial charge in [-0.05, 0) is 49.2 Å². The summed E-state index contributed by atoms with van der Waals surface area (Å²) in [5.41, 5.74) is 4.01. The molecule has 0 spiro atoms. The van der Waals surface area contributed by atoms with Crippen molar-refractivity contribution in [2.75, 3.05) is 0 Å². The van der Waals surface area contributed by atoms with E-state index in [-0.39, 0.29) is 12.2 Å². The van der Waals surface area contributed by atoms with Crippen molar-refractivity contribution in [2.24, 2.45) is 0 Å². The number of rotatable bonds is 7. The van der Waals surface area contributed by atoms with E-state index < -0.39 is 23.4 Å². The minimum atomic E-state index is -1.47. The lowest BCUT2D eigenvalue weighted by molar-refractivity contribution is -0.131. The van der Waals surface area contributed by atoms with Crippen LogP contribution in [0.1, 0.15) is 38.5 Å². The van der Waals surface area contributed by atoms with Crippen LogP contribution in [0.5, 0.6) is 5.75 Å². The zero-order valence-corrected chi connectivity index (χ0v) is 20.2. The van der Waals surface area contributed by atoms with Crippen LogP contribution in [0.25, 0.3) is 0 Å². The Kier molecular flexibility index (Phi) is 6.19. The van der Waals surface area contributed by atoms with Crippen molar-refractivity contribution in [1.29, 1.82) is 0 Å². The molecule has 0 bridgehead atoms. The Morgan fingerprint density at radius 1 is 0.946 bits per heavy atom. The SMILES string of the molecule is Cc1noc(C)c1COc1ccc(C(=O)NN2C(=O)NC(c3ccccc3)(c3ccccc3)C2=O)cc1. The lowest BCUT2D eigenvalue weighted by Gasteiger charge is -2.27. The van der Waals surface area contributed by atoms with Crippen molar-refractivity contribution in [2.45, 2.75) is 26.0 Å². The normalized spacial score (nSPS) is 14.4. The van der Waals surface area contributed by atoms with Crippen LogP contribution in [-0.4, -0.2) is 28.0 Å². The number of urea groups is 1. The molecule has 0 unspecified atom stereocenters. The number of hydrazine groups is 1. The summed E-state index contributed by atoms with van der Waals surface area (Å²) in [4.78, 5) is 39.6. The maximum atomic E-state index is 13.7. The number of benzene rings is 3. The number of aromatic nitrogens is 1. The van der Waals surface area contributed by atoms with Crippen LogP contribution >= 0.6 is 0 Å². The molecule has 0 atom stereocenters. The summed E-state index contributed by atoms with van der Waals surface area (Å²) in [6.07, 6.45) is 0. The lowest BCUT2D eigenvalue weighted by Crippen LogP contribution is -2.49. The van der Waals surface area contributed by atoms with E-state index in [1.807, 2.05) is 26.0 Å². The number of amides is 4. The van der Waals surface area contributed by atoms with Gasteiger partial charge in [0.15, 0.2) is 5.54 Å². The van der Waals surface area contributed by atoms with Gasteiger partial charge < -0.3 is 14.6 Å². The first-order valence-electron chi connectivity index (χ1n) is 11.6. The van der Waals surface area contributed by atoms with Crippen molar-refractivity contribution in [3.63, 3.8) is 0 Å². The second kappa shape index (κ2) is 9.62. The standard InChI is InChI=1S/C28H24N4O5/c1-18-24(19(2)37-31-18)17-36-23-15-13-20(14-16-23)25(33)30-32-26(34)28(29-27(32)35,21-9-5-3-6-10-21)22-11-7-4-8-12-22/h3-16H,17H2,1-2H3,(H,29,35)(H,30,33). The van der Waals surface area contributed by atoms with Gasteiger partial charge in [0.25, 0.3) is 11.8 Å². The molecule has 1 aromatic heterocycles. The Balaban J connectivity index is 1.34. The van der Waals surface area contributed by atoms with Gasteiger partial charge in [-0.2, -0.15) is 5.01 Å². The van der Waals surface area contributed by atoms with Gasteiger partial charge in [-0.3, -0.25) is 15.0 Å². The summed E-state index contributed by atoms with van der Waals surface area (Å²) in [6, 6.07) is 23.5. The van der Waals surface area contributed by atoms with E-state index >= 15 is 0 Å². The Morgan fingerprint density at radius 3 is 2.08 bits per heavy atom. The largest absolute Gasteiger partial charge is 0.489 e. The summed E-state index contributed by atoms with van der Waals surface area (Å²) in [6.45, 7) is 3.92. The summed E-state index contributed by atoms with van der Waals surface area (Å²) >= 11 is 0. The first kappa shape index (κ1) is 23.8. The van der Waals surface area contributed by atoms with Gasteiger partial charge in [-0.1, -0.05) is 65.8 Å². The van der Waals surface area contributed by atoms with Gasteiger partial charge in [0, 0.05) is 5.56 Å². The number of aryl methyl sites for hydroxylation is 2. The summed E-state index contributed by atoms with van der Waals surface area (Å²) in [5.74, 6) is 0.00297. The smallest absolute Gasteiger partial charge is 0.344 e. The Labute approximate surface area is 213 Å². The van der Waals surface area contributed by atoms with Crippen LogP contribution < -0.4 is 15.5 Å². The Hall–Kier alpha value is -4.92. The number of hydrogen-bond acceptors (Lipinski definition) is 6. The molecule has 9 nitrogen and oxygen atoms in total. The van der Waals surface area contributed by atoms with Gasteiger partial charge in [0.1, 0.15) is 18.1 Å². The predicted molar refractivity (Wildman–Crippen MR) is 133 cm³/mol. The molecule has 186 valence electrons. The van der Waals surface area contributed by atoms with Crippen LogP contribution in [0, 0.1) is 13.8 Å². The number of nitrogens with zero attached hydrogens (tertiary/aromatic N) is 2. The third kappa shape index (κ3) is 4.31. The van der Waals surface area contributed by atoms with Gasteiger partial charge in [0.05, 0.1) is 11.3 Å². The monoisotopic (exact) mass is 496 g/mol. The highest BCUT2D eigenvalue weighted by atomic mass is 16.5. The van der Waals surface area contributed by atoms with E-state index in [0.29, 0.717) is 22.6 Å². The van der Waals surface area contributed by atoms with E-state index in [2.05, 4.69) is 15.9 Å². The highest BCUT2D eigenvalue weighted by Gasteiger charge is 2.54. The van der Waals surface area contributed by atoms with E-state index in [9.17, 15) is 14.4 Å². The second-order valence-corrected chi connectivity index (χ2v) is 8.61. The van der Waals surface area contributed by atoms with Crippen LogP contribution in [0.3, 0.4) is 0 Å². The van der Waals surface area contributed by atoms with Crippen LogP contribution in [0.4, 0.5) is 4.79 Å². The number of carbonyl (C=O) groups excluding carboxylic acids is 3. The van der Waals surface area contributed by atoms with E-state index in [4.69, 9.17) is 9.26 Å². The lowest BCUT2D eigenvalue weighted by atomic mass is 9.83. The van der Waals surface area contributed by atoms with E-state index in [1.165, 1.54) is 0 Å². The maximum Gasteiger partial charge on any atom is 0.344 e. The molecule has 2 N–H and O–H groups in total. The topological polar surface area (TPSA) is 114 Å². The molecule has 2 heterocycles. The number of nitrogens with one attached hydrogen (secondary N) is 2. The zero-order chi connectivity index (χ0) is 26.0. The highest BCUT2D eigenvalue weighted by Crippen LogP contribution is 2.35.